The van der Waals surface area contributed by atoms with E-state index in [0.29, 0.717) is 5.92 Å². The Hall–Kier alpha value is -0.890. The third kappa shape index (κ3) is 2.62. The highest BCUT2D eigenvalue weighted by atomic mass is 16.2. The van der Waals surface area contributed by atoms with Crippen LogP contribution in [-0.2, 0) is 0 Å². The third-order valence-corrected chi connectivity index (χ3v) is 1.99. The van der Waals surface area contributed by atoms with Gasteiger partial charge < -0.3 is 5.11 Å². The van der Waals surface area contributed by atoms with Gasteiger partial charge in [-0.05, 0) is 30.9 Å². The Labute approximate surface area is 73.3 Å². The minimum atomic E-state index is 0.275. The molecule has 1 rings (SSSR count). The molecule has 0 radical (unpaired) electrons. The summed E-state index contributed by atoms with van der Waals surface area (Å²) in [6, 6.07) is 5.95. The molecule has 0 saturated carbocycles. The second-order valence-electron chi connectivity index (χ2n) is 3.02. The Balaban J connectivity index is 2.48. The average molecular weight is 165 g/mol. The normalized spacial score (nSPS) is 12.8. The summed E-state index contributed by atoms with van der Waals surface area (Å²) < 4.78 is 0. The highest BCUT2D eigenvalue weighted by molar-refractivity contribution is 5.07. The minimum Gasteiger partial charge on any atom is -0.396 e. The van der Waals surface area contributed by atoms with E-state index in [0.717, 1.165) is 18.5 Å². The molecular formula is C10H15NO. The lowest BCUT2D eigenvalue weighted by molar-refractivity contribution is 0.280. The summed E-state index contributed by atoms with van der Waals surface area (Å²) in [4.78, 5) is 4.25. The zero-order chi connectivity index (χ0) is 8.81. The molecule has 0 aromatic carbocycles. The van der Waals surface area contributed by atoms with Gasteiger partial charge in [0, 0.05) is 18.5 Å². The van der Waals surface area contributed by atoms with Crippen LogP contribution in [0.25, 0.3) is 0 Å². The van der Waals surface area contributed by atoms with Crippen molar-refractivity contribution < 1.29 is 5.11 Å². The molecule has 2 nitrogen and oxygen atoms in total. The lowest BCUT2D eigenvalue weighted by atomic mass is 10.0. The van der Waals surface area contributed by atoms with Crippen LogP contribution in [0.1, 0.15) is 31.4 Å². The summed E-state index contributed by atoms with van der Waals surface area (Å²) in [5, 5.41) is 8.64. The van der Waals surface area contributed by atoms with Gasteiger partial charge in [0.05, 0.1) is 0 Å². The molecule has 0 fully saturated rings. The summed E-state index contributed by atoms with van der Waals surface area (Å²) in [6.07, 6.45) is 3.68. The third-order valence-electron chi connectivity index (χ3n) is 1.99. The number of aromatic nitrogens is 1. The molecular weight excluding hydrogens is 150 g/mol. The Morgan fingerprint density at radius 3 is 2.92 bits per heavy atom. The quantitative estimate of drug-likeness (QED) is 0.739. The minimum absolute atomic E-state index is 0.275. The molecule has 0 aliphatic carbocycles. The van der Waals surface area contributed by atoms with Crippen molar-refractivity contribution in [2.75, 3.05) is 6.61 Å². The predicted octanol–water partition coefficient (Wildman–Crippen LogP) is 1.96. The number of hydrogen-bond donors (Lipinski definition) is 1. The first-order valence-corrected chi connectivity index (χ1v) is 4.36. The molecule has 1 atom stereocenters. The van der Waals surface area contributed by atoms with E-state index in [4.69, 9.17) is 5.11 Å². The van der Waals surface area contributed by atoms with Crippen LogP contribution in [0, 0.1) is 0 Å². The van der Waals surface area contributed by atoms with Crippen LogP contribution in [0.15, 0.2) is 24.4 Å². The fourth-order valence-corrected chi connectivity index (χ4v) is 1.21. The Morgan fingerprint density at radius 2 is 2.33 bits per heavy atom. The van der Waals surface area contributed by atoms with Crippen LogP contribution in [-0.4, -0.2) is 16.7 Å². The predicted molar refractivity (Wildman–Crippen MR) is 49.0 cm³/mol. The summed E-state index contributed by atoms with van der Waals surface area (Å²) >= 11 is 0. The lowest BCUT2D eigenvalue weighted by Gasteiger charge is -2.08. The number of hydrogen-bond acceptors (Lipinski definition) is 2. The molecule has 0 spiro atoms. The maximum absolute atomic E-state index is 8.64. The highest BCUT2D eigenvalue weighted by Gasteiger charge is 2.04. The van der Waals surface area contributed by atoms with Gasteiger partial charge >= 0.3 is 0 Å². The molecule has 1 heterocycles. The van der Waals surface area contributed by atoms with Crippen LogP contribution in [0.2, 0.25) is 0 Å². The van der Waals surface area contributed by atoms with Crippen molar-refractivity contribution in [3.63, 3.8) is 0 Å². The van der Waals surface area contributed by atoms with Crippen molar-refractivity contribution in [3.05, 3.63) is 30.1 Å². The van der Waals surface area contributed by atoms with Gasteiger partial charge in [0.25, 0.3) is 0 Å². The number of pyridine rings is 1. The van der Waals surface area contributed by atoms with Crippen molar-refractivity contribution in [2.45, 2.75) is 25.7 Å². The van der Waals surface area contributed by atoms with Crippen molar-refractivity contribution in [1.82, 2.24) is 4.98 Å². The second-order valence-corrected chi connectivity index (χ2v) is 3.02. The standard InChI is InChI=1S/C10H15NO/c1-9(5-4-8-12)10-6-2-3-7-11-10/h2-3,6-7,9,12H,4-5,8H2,1H3. The SMILES string of the molecule is CC(CCCO)c1ccccn1. The molecule has 0 aliphatic rings. The van der Waals surface area contributed by atoms with E-state index in [1.807, 2.05) is 24.4 Å². The lowest BCUT2D eigenvalue weighted by Crippen LogP contribution is -1.97. The van der Waals surface area contributed by atoms with Gasteiger partial charge in [-0.1, -0.05) is 13.0 Å². The van der Waals surface area contributed by atoms with Crippen LogP contribution in [0.5, 0.6) is 0 Å². The molecule has 0 bridgehead atoms. The van der Waals surface area contributed by atoms with Gasteiger partial charge in [0.2, 0.25) is 0 Å². The topological polar surface area (TPSA) is 33.1 Å². The average Bonchev–Trinajstić information content (AvgIpc) is 2.15. The largest absolute Gasteiger partial charge is 0.396 e. The zero-order valence-electron chi connectivity index (χ0n) is 7.40. The van der Waals surface area contributed by atoms with Crippen LogP contribution in [0.4, 0.5) is 0 Å². The first-order chi connectivity index (χ1) is 5.84. The summed E-state index contributed by atoms with van der Waals surface area (Å²) in [7, 11) is 0. The molecule has 66 valence electrons. The molecule has 0 saturated heterocycles. The fraction of sp³-hybridized carbons (Fsp3) is 0.500. The van der Waals surface area contributed by atoms with E-state index in [2.05, 4.69) is 11.9 Å². The van der Waals surface area contributed by atoms with E-state index >= 15 is 0 Å². The molecule has 1 aromatic heterocycles. The Bertz CT molecular complexity index is 210. The van der Waals surface area contributed by atoms with Crippen molar-refractivity contribution in [3.8, 4) is 0 Å². The molecule has 2 heteroatoms. The van der Waals surface area contributed by atoms with E-state index in [-0.39, 0.29) is 6.61 Å². The summed E-state index contributed by atoms with van der Waals surface area (Å²) in [6.45, 7) is 2.41. The van der Waals surface area contributed by atoms with E-state index in [1.165, 1.54) is 0 Å². The zero-order valence-corrected chi connectivity index (χ0v) is 7.40. The maximum atomic E-state index is 8.64. The highest BCUT2D eigenvalue weighted by Crippen LogP contribution is 2.17. The first kappa shape index (κ1) is 9.20. The van der Waals surface area contributed by atoms with Gasteiger partial charge in [-0.15, -0.1) is 0 Å². The van der Waals surface area contributed by atoms with Crippen molar-refractivity contribution in [2.24, 2.45) is 0 Å². The molecule has 1 unspecified atom stereocenters. The number of rotatable bonds is 4. The fourth-order valence-electron chi connectivity index (χ4n) is 1.21. The van der Waals surface area contributed by atoms with E-state index in [1.54, 1.807) is 0 Å². The second kappa shape index (κ2) is 4.88. The van der Waals surface area contributed by atoms with Crippen molar-refractivity contribution in [1.29, 1.82) is 0 Å². The van der Waals surface area contributed by atoms with E-state index < -0.39 is 0 Å². The Kier molecular flexibility index (Phi) is 3.74. The smallest absolute Gasteiger partial charge is 0.0431 e. The summed E-state index contributed by atoms with van der Waals surface area (Å²) in [5.41, 5.74) is 1.12. The monoisotopic (exact) mass is 165 g/mol. The van der Waals surface area contributed by atoms with Crippen molar-refractivity contribution >= 4 is 0 Å². The van der Waals surface area contributed by atoms with Gasteiger partial charge in [-0.25, -0.2) is 0 Å². The molecule has 0 aliphatic heterocycles. The molecule has 1 aromatic rings. The van der Waals surface area contributed by atoms with Gasteiger partial charge in [-0.2, -0.15) is 0 Å². The van der Waals surface area contributed by atoms with Gasteiger partial charge in [0.1, 0.15) is 0 Å². The molecule has 1 N–H and O–H groups in total. The number of aliphatic hydroxyl groups excluding tert-OH is 1. The molecule has 12 heavy (non-hydrogen) atoms. The van der Waals surface area contributed by atoms with Crippen LogP contribution < -0.4 is 0 Å². The van der Waals surface area contributed by atoms with Crippen LogP contribution in [0.3, 0.4) is 0 Å². The van der Waals surface area contributed by atoms with Crippen LogP contribution >= 0.6 is 0 Å². The number of nitrogens with zero attached hydrogens (tertiary/aromatic N) is 1. The maximum Gasteiger partial charge on any atom is 0.0431 e. The van der Waals surface area contributed by atoms with Gasteiger partial charge in [-0.3, -0.25) is 4.98 Å². The summed E-state index contributed by atoms with van der Waals surface area (Å²) in [5.74, 6) is 0.457. The van der Waals surface area contributed by atoms with E-state index in [9.17, 15) is 0 Å². The first-order valence-electron chi connectivity index (χ1n) is 4.36. The number of aliphatic hydroxyl groups is 1. The van der Waals surface area contributed by atoms with Gasteiger partial charge in [0.15, 0.2) is 0 Å². The molecule has 0 amide bonds. The Morgan fingerprint density at radius 1 is 1.50 bits per heavy atom.